The van der Waals surface area contributed by atoms with E-state index in [9.17, 15) is 4.79 Å². The van der Waals surface area contributed by atoms with Crippen LogP contribution in [0.15, 0.2) is 58.1 Å². The Hall–Kier alpha value is -2.76. The number of guanidine groups is 1. The van der Waals surface area contributed by atoms with Crippen LogP contribution in [0.1, 0.15) is 25.2 Å². The van der Waals surface area contributed by atoms with Gasteiger partial charge >= 0.3 is 0 Å². The van der Waals surface area contributed by atoms with Crippen LogP contribution in [-0.2, 0) is 17.6 Å². The third-order valence-corrected chi connectivity index (χ3v) is 4.59. The lowest BCUT2D eigenvalue weighted by Crippen LogP contribution is -2.46. The van der Waals surface area contributed by atoms with Crippen LogP contribution < -0.4 is 5.32 Å². The van der Waals surface area contributed by atoms with E-state index in [0.717, 1.165) is 44.2 Å². The van der Waals surface area contributed by atoms with Crippen LogP contribution in [0.2, 0.25) is 0 Å². The van der Waals surface area contributed by atoms with Crippen LogP contribution in [0.3, 0.4) is 0 Å². The number of nitrogens with one attached hydrogen (secondary N) is 1. The number of hydrogen-bond donors (Lipinski definition) is 1. The largest absolute Gasteiger partial charge is 0.469 e. The van der Waals surface area contributed by atoms with Crippen molar-refractivity contribution in [3.63, 3.8) is 0 Å². The van der Waals surface area contributed by atoms with E-state index < -0.39 is 0 Å². The molecule has 0 spiro atoms. The normalized spacial score (nSPS) is 11.3. The second kappa shape index (κ2) is 11.8. The van der Waals surface area contributed by atoms with Crippen LogP contribution in [-0.4, -0.2) is 61.4 Å². The van der Waals surface area contributed by atoms with Gasteiger partial charge in [0.2, 0.25) is 5.91 Å². The summed E-state index contributed by atoms with van der Waals surface area (Å²) in [6, 6.07) is 14.2. The van der Waals surface area contributed by atoms with E-state index in [0.29, 0.717) is 13.1 Å². The minimum atomic E-state index is 0.107. The number of carbonyl (C=O) groups excluding carboxylic acids is 1. The van der Waals surface area contributed by atoms with Crippen LogP contribution in [0.5, 0.6) is 0 Å². The molecule has 1 amide bonds. The quantitative estimate of drug-likeness (QED) is 0.505. The van der Waals surface area contributed by atoms with E-state index in [1.807, 2.05) is 61.0 Å². The number of hydrogen-bond acceptors (Lipinski definition) is 3. The predicted octanol–water partition coefficient (Wildman–Crippen LogP) is 2.81. The Labute approximate surface area is 168 Å². The number of aliphatic imine (C=N–C) groups is 1. The van der Waals surface area contributed by atoms with Gasteiger partial charge in [0.1, 0.15) is 5.76 Å². The van der Waals surface area contributed by atoms with Gasteiger partial charge < -0.3 is 19.5 Å². The summed E-state index contributed by atoms with van der Waals surface area (Å²) in [4.78, 5) is 20.9. The highest BCUT2D eigenvalue weighted by molar-refractivity contribution is 5.86. The van der Waals surface area contributed by atoms with Crippen molar-refractivity contribution in [1.82, 2.24) is 15.1 Å². The smallest absolute Gasteiger partial charge is 0.242 e. The fraction of sp³-hybridized carbons (Fsp3) is 0.455. The van der Waals surface area contributed by atoms with Crippen LogP contribution >= 0.6 is 0 Å². The van der Waals surface area contributed by atoms with Crippen molar-refractivity contribution in [2.45, 2.75) is 26.7 Å². The molecular weight excluding hydrogens is 352 g/mol. The van der Waals surface area contributed by atoms with E-state index >= 15 is 0 Å². The second-order valence-electron chi connectivity index (χ2n) is 6.62. The molecule has 6 nitrogen and oxygen atoms in total. The van der Waals surface area contributed by atoms with Crippen molar-refractivity contribution >= 4 is 11.9 Å². The summed E-state index contributed by atoms with van der Waals surface area (Å²) in [5.74, 6) is 1.76. The van der Waals surface area contributed by atoms with Gasteiger partial charge in [-0.3, -0.25) is 9.79 Å². The van der Waals surface area contributed by atoms with Gasteiger partial charge in [0.25, 0.3) is 0 Å². The van der Waals surface area contributed by atoms with Gasteiger partial charge in [-0.1, -0.05) is 30.3 Å². The molecule has 1 heterocycles. The van der Waals surface area contributed by atoms with Crippen molar-refractivity contribution in [3.05, 3.63) is 60.1 Å². The Kier molecular flexibility index (Phi) is 9.11. The van der Waals surface area contributed by atoms with Gasteiger partial charge in [0.15, 0.2) is 5.96 Å². The molecule has 6 heteroatoms. The van der Waals surface area contributed by atoms with Crippen molar-refractivity contribution in [1.29, 1.82) is 0 Å². The molecule has 1 N–H and O–H groups in total. The summed E-state index contributed by atoms with van der Waals surface area (Å²) < 4.78 is 5.38. The Morgan fingerprint density at radius 3 is 2.46 bits per heavy atom. The SMILES string of the molecule is CCN(CC)C(=O)CN(C)C(=NCCc1ccco1)NCCc1ccccc1. The summed E-state index contributed by atoms with van der Waals surface area (Å²) in [5.41, 5.74) is 1.27. The number of carbonyl (C=O) groups is 1. The summed E-state index contributed by atoms with van der Waals surface area (Å²) >= 11 is 0. The molecule has 0 bridgehead atoms. The maximum absolute atomic E-state index is 12.5. The maximum atomic E-state index is 12.5. The van der Waals surface area contributed by atoms with E-state index in [1.165, 1.54) is 5.56 Å². The number of likely N-dealkylation sites (N-methyl/N-ethyl adjacent to an activating group) is 2. The molecule has 0 aliphatic rings. The summed E-state index contributed by atoms with van der Waals surface area (Å²) in [7, 11) is 1.91. The first-order valence-corrected chi connectivity index (χ1v) is 9.97. The Balaban J connectivity index is 1.96. The number of amides is 1. The first kappa shape index (κ1) is 21.5. The topological polar surface area (TPSA) is 61.1 Å². The third kappa shape index (κ3) is 7.10. The third-order valence-electron chi connectivity index (χ3n) is 4.59. The monoisotopic (exact) mass is 384 g/mol. The minimum Gasteiger partial charge on any atom is -0.469 e. The zero-order valence-electron chi connectivity index (χ0n) is 17.2. The first-order chi connectivity index (χ1) is 13.6. The van der Waals surface area contributed by atoms with Crippen LogP contribution in [0, 0.1) is 0 Å². The molecule has 0 saturated carbocycles. The van der Waals surface area contributed by atoms with Gasteiger partial charge in [-0.05, 0) is 38.0 Å². The molecule has 1 aromatic heterocycles. The Bertz CT molecular complexity index is 709. The van der Waals surface area contributed by atoms with Gasteiger partial charge in [-0.15, -0.1) is 0 Å². The molecular formula is C22H32N4O2. The van der Waals surface area contributed by atoms with E-state index in [4.69, 9.17) is 9.41 Å². The molecule has 2 aromatic rings. The molecule has 0 radical (unpaired) electrons. The molecule has 1 aromatic carbocycles. The molecule has 0 atom stereocenters. The Morgan fingerprint density at radius 1 is 1.07 bits per heavy atom. The fourth-order valence-corrected chi connectivity index (χ4v) is 2.96. The molecule has 0 unspecified atom stereocenters. The molecule has 0 fully saturated rings. The van der Waals surface area contributed by atoms with Crippen LogP contribution in [0.4, 0.5) is 0 Å². The summed E-state index contributed by atoms with van der Waals surface area (Å²) in [6.45, 7) is 7.10. The average molecular weight is 385 g/mol. The zero-order chi connectivity index (χ0) is 20.2. The molecule has 0 aliphatic carbocycles. The molecule has 0 saturated heterocycles. The van der Waals surface area contributed by atoms with Gasteiger partial charge in [0.05, 0.1) is 12.8 Å². The first-order valence-electron chi connectivity index (χ1n) is 9.97. The summed E-state index contributed by atoms with van der Waals surface area (Å²) in [5, 5.41) is 3.40. The lowest BCUT2D eigenvalue weighted by atomic mass is 10.1. The highest BCUT2D eigenvalue weighted by Gasteiger charge is 2.15. The average Bonchev–Trinajstić information content (AvgIpc) is 3.22. The number of rotatable bonds is 10. The molecule has 2 rings (SSSR count). The van der Waals surface area contributed by atoms with E-state index in [-0.39, 0.29) is 5.91 Å². The molecule has 28 heavy (non-hydrogen) atoms. The van der Waals surface area contributed by atoms with Crippen LogP contribution in [0.25, 0.3) is 0 Å². The highest BCUT2D eigenvalue weighted by atomic mass is 16.3. The number of nitrogens with zero attached hydrogens (tertiary/aromatic N) is 3. The van der Waals surface area contributed by atoms with E-state index in [2.05, 4.69) is 17.4 Å². The van der Waals surface area contributed by atoms with Gasteiger partial charge in [0, 0.05) is 39.6 Å². The van der Waals surface area contributed by atoms with Crippen molar-refractivity contribution in [2.24, 2.45) is 4.99 Å². The number of benzene rings is 1. The number of furan rings is 1. The van der Waals surface area contributed by atoms with Gasteiger partial charge in [-0.25, -0.2) is 0 Å². The zero-order valence-corrected chi connectivity index (χ0v) is 17.2. The molecule has 152 valence electrons. The van der Waals surface area contributed by atoms with Crippen molar-refractivity contribution in [3.8, 4) is 0 Å². The fourth-order valence-electron chi connectivity index (χ4n) is 2.96. The van der Waals surface area contributed by atoms with Crippen molar-refractivity contribution in [2.75, 3.05) is 39.8 Å². The second-order valence-corrected chi connectivity index (χ2v) is 6.62. The Morgan fingerprint density at radius 2 is 1.82 bits per heavy atom. The maximum Gasteiger partial charge on any atom is 0.242 e. The van der Waals surface area contributed by atoms with E-state index in [1.54, 1.807) is 6.26 Å². The lowest BCUT2D eigenvalue weighted by Gasteiger charge is -2.26. The standard InChI is InChI=1S/C22H32N4O2/c1-4-26(5-2)21(27)18-25(3)22(24-16-14-20-12-9-17-28-20)23-15-13-19-10-7-6-8-11-19/h6-12,17H,4-5,13-16,18H2,1-3H3,(H,23,24). The predicted molar refractivity (Wildman–Crippen MR) is 113 cm³/mol. The summed E-state index contributed by atoms with van der Waals surface area (Å²) in [6.07, 6.45) is 3.30. The van der Waals surface area contributed by atoms with Crippen molar-refractivity contribution < 1.29 is 9.21 Å². The minimum absolute atomic E-state index is 0.107. The van der Waals surface area contributed by atoms with Gasteiger partial charge in [-0.2, -0.15) is 0 Å². The lowest BCUT2D eigenvalue weighted by molar-refractivity contribution is -0.131. The highest BCUT2D eigenvalue weighted by Crippen LogP contribution is 2.02. The molecule has 0 aliphatic heterocycles.